The maximum atomic E-state index is 9.86. The number of methoxy groups -OCH3 is 1. The highest BCUT2D eigenvalue weighted by Crippen LogP contribution is 2.24. The molecular weight excluding hydrogens is 288 g/mol. The van der Waals surface area contributed by atoms with Gasteiger partial charge in [-0.25, -0.2) is 0 Å². The fourth-order valence-corrected chi connectivity index (χ4v) is 2.43. The van der Waals surface area contributed by atoms with Crippen molar-refractivity contribution in [3.8, 4) is 5.75 Å². The summed E-state index contributed by atoms with van der Waals surface area (Å²) in [6, 6.07) is 5.86. The number of halogens is 1. The number of hydrogen-bond donors (Lipinski definition) is 1. The molecule has 0 aromatic heterocycles. The second kappa shape index (κ2) is 7.20. The molecule has 1 rings (SSSR count). The van der Waals surface area contributed by atoms with Crippen molar-refractivity contribution in [2.75, 3.05) is 19.1 Å². The monoisotopic (exact) mass is 304 g/mol. The topological polar surface area (TPSA) is 29.5 Å². The summed E-state index contributed by atoms with van der Waals surface area (Å²) in [5.41, 5.74) is 1.05. The number of rotatable bonds is 6. The van der Waals surface area contributed by atoms with Gasteiger partial charge in [0.05, 0.1) is 13.2 Å². The molecule has 0 spiro atoms. The van der Waals surface area contributed by atoms with E-state index in [4.69, 9.17) is 4.74 Å². The van der Waals surface area contributed by atoms with Gasteiger partial charge < -0.3 is 9.84 Å². The molecule has 0 heterocycles. The van der Waals surface area contributed by atoms with E-state index in [1.54, 1.807) is 18.9 Å². The summed E-state index contributed by atoms with van der Waals surface area (Å²) in [5.74, 6) is 1.82. The van der Waals surface area contributed by atoms with E-state index in [1.807, 2.05) is 24.5 Å². The molecule has 0 saturated carbocycles. The first-order valence-corrected chi connectivity index (χ1v) is 7.35. The first kappa shape index (κ1) is 13.9. The molecule has 0 bridgehead atoms. The van der Waals surface area contributed by atoms with E-state index in [-0.39, 0.29) is 6.10 Å². The summed E-state index contributed by atoms with van der Waals surface area (Å²) in [7, 11) is 1.65. The van der Waals surface area contributed by atoms with Crippen LogP contribution >= 0.6 is 27.7 Å². The van der Waals surface area contributed by atoms with Gasteiger partial charge in [0.1, 0.15) is 5.75 Å². The third-order valence-electron chi connectivity index (χ3n) is 2.35. The average Bonchev–Trinajstić information content (AvgIpc) is 2.27. The Morgan fingerprint density at radius 2 is 2.25 bits per heavy atom. The second-order valence-electron chi connectivity index (χ2n) is 3.60. The van der Waals surface area contributed by atoms with Crippen molar-refractivity contribution < 1.29 is 9.84 Å². The maximum Gasteiger partial charge on any atom is 0.122 e. The number of aliphatic hydroxyl groups excluding tert-OH is 1. The van der Waals surface area contributed by atoms with Crippen LogP contribution in [0.5, 0.6) is 5.75 Å². The molecule has 2 nitrogen and oxygen atoms in total. The average molecular weight is 305 g/mol. The van der Waals surface area contributed by atoms with Gasteiger partial charge in [-0.15, -0.1) is 0 Å². The first-order valence-electron chi connectivity index (χ1n) is 5.16. The van der Waals surface area contributed by atoms with Crippen molar-refractivity contribution >= 4 is 27.7 Å². The number of ether oxygens (including phenoxy) is 1. The molecule has 16 heavy (non-hydrogen) atoms. The molecule has 0 aliphatic heterocycles. The lowest BCUT2D eigenvalue weighted by Gasteiger charge is -2.13. The third-order valence-corrected chi connectivity index (χ3v) is 3.49. The third kappa shape index (κ3) is 4.36. The number of aliphatic hydroxyl groups is 1. The van der Waals surface area contributed by atoms with Crippen molar-refractivity contribution in [2.24, 2.45) is 0 Å². The number of thioether (sulfide) groups is 1. The highest BCUT2D eigenvalue weighted by atomic mass is 79.9. The minimum atomic E-state index is -0.296. The molecule has 0 amide bonds. The molecule has 4 heteroatoms. The normalized spacial score (nSPS) is 12.5. The summed E-state index contributed by atoms with van der Waals surface area (Å²) < 4.78 is 6.28. The molecule has 1 atom stereocenters. The Morgan fingerprint density at radius 3 is 2.88 bits per heavy atom. The van der Waals surface area contributed by atoms with Crippen LogP contribution in [-0.2, 0) is 6.42 Å². The lowest BCUT2D eigenvalue weighted by molar-refractivity contribution is 0.171. The minimum Gasteiger partial charge on any atom is -0.496 e. The predicted molar refractivity (Wildman–Crippen MR) is 73.4 cm³/mol. The van der Waals surface area contributed by atoms with Gasteiger partial charge in [-0.1, -0.05) is 15.9 Å². The highest BCUT2D eigenvalue weighted by Gasteiger charge is 2.10. The Morgan fingerprint density at radius 1 is 1.50 bits per heavy atom. The molecule has 0 saturated heterocycles. The van der Waals surface area contributed by atoms with Crippen LogP contribution in [0.15, 0.2) is 22.7 Å². The molecule has 1 aromatic carbocycles. The van der Waals surface area contributed by atoms with Crippen molar-refractivity contribution in [2.45, 2.75) is 18.9 Å². The van der Waals surface area contributed by atoms with Crippen LogP contribution in [0, 0.1) is 0 Å². The zero-order chi connectivity index (χ0) is 12.0. The Hall–Kier alpha value is -0.190. The molecular formula is C12H17BrO2S. The number of hydrogen-bond acceptors (Lipinski definition) is 3. The van der Waals surface area contributed by atoms with Crippen molar-refractivity contribution in [3.63, 3.8) is 0 Å². The molecule has 90 valence electrons. The summed E-state index contributed by atoms with van der Waals surface area (Å²) in [5, 5.41) is 9.86. The van der Waals surface area contributed by atoms with E-state index >= 15 is 0 Å². The van der Waals surface area contributed by atoms with Crippen LogP contribution in [0.3, 0.4) is 0 Å². The molecule has 0 aliphatic carbocycles. The summed E-state index contributed by atoms with van der Waals surface area (Å²) in [6.07, 6.45) is 3.21. The summed E-state index contributed by atoms with van der Waals surface area (Å²) in [6.45, 7) is 0. The van der Waals surface area contributed by atoms with Gasteiger partial charge >= 0.3 is 0 Å². The molecule has 1 unspecified atom stereocenters. The lowest BCUT2D eigenvalue weighted by Crippen LogP contribution is -2.12. The molecule has 1 aromatic rings. The highest BCUT2D eigenvalue weighted by molar-refractivity contribution is 9.10. The van der Waals surface area contributed by atoms with E-state index < -0.39 is 0 Å². The first-order chi connectivity index (χ1) is 7.67. The largest absolute Gasteiger partial charge is 0.496 e. The molecule has 0 fully saturated rings. The molecule has 0 radical (unpaired) electrons. The molecule has 1 N–H and O–H groups in total. The van der Waals surface area contributed by atoms with Crippen LogP contribution in [0.25, 0.3) is 0 Å². The Balaban J connectivity index is 2.67. The quantitative estimate of drug-likeness (QED) is 0.875. The van der Waals surface area contributed by atoms with Crippen LogP contribution in [-0.4, -0.2) is 30.3 Å². The van der Waals surface area contributed by atoms with Gasteiger partial charge in [0.15, 0.2) is 0 Å². The maximum absolute atomic E-state index is 9.86. The second-order valence-corrected chi connectivity index (χ2v) is 5.50. The van der Waals surface area contributed by atoms with E-state index in [9.17, 15) is 5.11 Å². The van der Waals surface area contributed by atoms with E-state index in [1.165, 1.54) is 0 Å². The van der Waals surface area contributed by atoms with E-state index in [0.29, 0.717) is 6.42 Å². The van der Waals surface area contributed by atoms with Crippen LogP contribution in [0.4, 0.5) is 0 Å². The molecule has 0 aliphatic rings. The summed E-state index contributed by atoms with van der Waals surface area (Å²) in [4.78, 5) is 0. The van der Waals surface area contributed by atoms with Crippen molar-refractivity contribution in [3.05, 3.63) is 28.2 Å². The SMILES string of the molecule is COc1ccc(Br)cc1CC(O)CCSC. The zero-order valence-corrected chi connectivity index (χ0v) is 12.0. The van der Waals surface area contributed by atoms with Crippen molar-refractivity contribution in [1.82, 2.24) is 0 Å². The van der Waals surface area contributed by atoms with Gasteiger partial charge in [-0.05, 0) is 42.2 Å². The van der Waals surface area contributed by atoms with E-state index in [0.717, 1.165) is 28.0 Å². The van der Waals surface area contributed by atoms with Crippen LogP contribution in [0.1, 0.15) is 12.0 Å². The van der Waals surface area contributed by atoms with E-state index in [2.05, 4.69) is 15.9 Å². The smallest absolute Gasteiger partial charge is 0.122 e. The standard InChI is InChI=1S/C12H17BrO2S/c1-15-12-4-3-10(13)7-9(12)8-11(14)5-6-16-2/h3-4,7,11,14H,5-6,8H2,1-2H3. The van der Waals surface area contributed by atoms with Gasteiger partial charge in [0, 0.05) is 10.9 Å². The van der Waals surface area contributed by atoms with Gasteiger partial charge in [0.25, 0.3) is 0 Å². The predicted octanol–water partition coefficient (Wildman–Crippen LogP) is 3.11. The van der Waals surface area contributed by atoms with Gasteiger partial charge in [-0.3, -0.25) is 0 Å². The fraction of sp³-hybridized carbons (Fsp3) is 0.500. The Labute approximate surface area is 110 Å². The van der Waals surface area contributed by atoms with Crippen LogP contribution < -0.4 is 4.74 Å². The van der Waals surface area contributed by atoms with Gasteiger partial charge in [0.2, 0.25) is 0 Å². The van der Waals surface area contributed by atoms with Crippen LogP contribution in [0.2, 0.25) is 0 Å². The zero-order valence-electron chi connectivity index (χ0n) is 9.57. The van der Waals surface area contributed by atoms with Crippen molar-refractivity contribution in [1.29, 1.82) is 0 Å². The fourth-order valence-electron chi connectivity index (χ4n) is 1.52. The Bertz CT molecular complexity index is 331. The number of benzene rings is 1. The Kier molecular flexibility index (Phi) is 6.24. The van der Waals surface area contributed by atoms with Gasteiger partial charge in [-0.2, -0.15) is 11.8 Å². The lowest BCUT2D eigenvalue weighted by atomic mass is 10.1. The minimum absolute atomic E-state index is 0.296. The summed E-state index contributed by atoms with van der Waals surface area (Å²) >= 11 is 5.18.